The molecule has 1 heterocycles. The van der Waals surface area contributed by atoms with Gasteiger partial charge in [-0.25, -0.2) is 4.79 Å². The third-order valence-corrected chi connectivity index (χ3v) is 2.96. The zero-order valence-corrected chi connectivity index (χ0v) is 10.3. The summed E-state index contributed by atoms with van der Waals surface area (Å²) in [7, 11) is 1.45. The fraction of sp³-hybridized carbons (Fsp3) is 0.462. The Labute approximate surface area is 106 Å². The molecule has 98 valence electrons. The van der Waals surface area contributed by atoms with E-state index in [-0.39, 0.29) is 17.4 Å². The highest BCUT2D eigenvalue weighted by Gasteiger charge is 2.20. The highest BCUT2D eigenvalue weighted by atomic mass is 16.5. The molecular formula is C13H17NO4. The Morgan fingerprint density at radius 1 is 1.50 bits per heavy atom. The molecule has 0 radical (unpaired) electrons. The van der Waals surface area contributed by atoms with Crippen LogP contribution in [0.25, 0.3) is 0 Å². The first-order valence-electron chi connectivity index (χ1n) is 6.00. The van der Waals surface area contributed by atoms with Crippen LogP contribution < -0.4 is 14.8 Å². The van der Waals surface area contributed by atoms with Gasteiger partial charge in [-0.3, -0.25) is 0 Å². The second kappa shape index (κ2) is 5.73. The molecule has 0 aliphatic carbocycles. The Morgan fingerprint density at radius 2 is 2.33 bits per heavy atom. The molecule has 1 aromatic rings. The minimum Gasteiger partial charge on any atom is -0.492 e. The number of aromatic carboxylic acids is 1. The van der Waals surface area contributed by atoms with Gasteiger partial charge in [-0.1, -0.05) is 6.07 Å². The maximum absolute atomic E-state index is 11.1. The Bertz CT molecular complexity index is 427. The maximum atomic E-state index is 11.1. The molecule has 1 saturated heterocycles. The van der Waals surface area contributed by atoms with Gasteiger partial charge in [0.25, 0.3) is 0 Å². The van der Waals surface area contributed by atoms with E-state index in [0.717, 1.165) is 25.9 Å². The second-order valence-electron chi connectivity index (χ2n) is 4.23. The summed E-state index contributed by atoms with van der Waals surface area (Å²) in [6.45, 7) is 1.78. The maximum Gasteiger partial charge on any atom is 0.339 e. The van der Waals surface area contributed by atoms with Gasteiger partial charge in [-0.05, 0) is 31.5 Å². The lowest BCUT2D eigenvalue weighted by Crippen LogP contribution is -2.37. The highest BCUT2D eigenvalue weighted by Crippen LogP contribution is 2.32. The summed E-state index contributed by atoms with van der Waals surface area (Å²) in [4.78, 5) is 11.1. The predicted octanol–water partition coefficient (Wildman–Crippen LogP) is 1.52. The van der Waals surface area contributed by atoms with Crippen molar-refractivity contribution in [2.24, 2.45) is 0 Å². The van der Waals surface area contributed by atoms with Crippen LogP contribution in [0.1, 0.15) is 23.2 Å². The number of benzene rings is 1. The molecule has 0 bridgehead atoms. The molecule has 1 fully saturated rings. The minimum absolute atomic E-state index is 0.0664. The lowest BCUT2D eigenvalue weighted by atomic mass is 10.1. The van der Waals surface area contributed by atoms with Gasteiger partial charge < -0.3 is 19.9 Å². The van der Waals surface area contributed by atoms with Crippen LogP contribution in [-0.2, 0) is 0 Å². The number of hydrogen-bond acceptors (Lipinski definition) is 4. The van der Waals surface area contributed by atoms with Crippen LogP contribution in [0.3, 0.4) is 0 Å². The van der Waals surface area contributed by atoms with Crippen molar-refractivity contribution in [3.8, 4) is 11.5 Å². The van der Waals surface area contributed by atoms with Crippen LogP contribution in [-0.4, -0.2) is 37.4 Å². The van der Waals surface area contributed by atoms with Crippen molar-refractivity contribution in [2.75, 3.05) is 20.2 Å². The fourth-order valence-corrected chi connectivity index (χ4v) is 2.09. The molecule has 1 aliphatic heterocycles. The van der Waals surface area contributed by atoms with E-state index in [0.29, 0.717) is 5.75 Å². The first-order valence-corrected chi connectivity index (χ1v) is 6.00. The quantitative estimate of drug-likeness (QED) is 0.849. The van der Waals surface area contributed by atoms with E-state index in [1.807, 2.05) is 0 Å². The van der Waals surface area contributed by atoms with Crippen molar-refractivity contribution in [1.82, 2.24) is 5.32 Å². The normalized spacial score (nSPS) is 19.3. The summed E-state index contributed by atoms with van der Waals surface area (Å²) >= 11 is 0. The monoisotopic (exact) mass is 251 g/mol. The van der Waals surface area contributed by atoms with E-state index in [1.54, 1.807) is 12.1 Å². The molecule has 0 spiro atoms. The third-order valence-electron chi connectivity index (χ3n) is 2.96. The number of carboxylic acid groups (broad SMARTS) is 1. The third kappa shape index (κ3) is 2.73. The van der Waals surface area contributed by atoms with Crippen molar-refractivity contribution in [1.29, 1.82) is 0 Å². The molecule has 1 atom stereocenters. The van der Waals surface area contributed by atoms with Crippen molar-refractivity contribution < 1.29 is 19.4 Å². The van der Waals surface area contributed by atoms with Gasteiger partial charge in [0.1, 0.15) is 11.7 Å². The number of piperidine rings is 1. The Balaban J connectivity index is 2.20. The number of nitrogens with one attached hydrogen (secondary N) is 1. The van der Waals surface area contributed by atoms with Gasteiger partial charge in [-0.15, -0.1) is 0 Å². The molecular weight excluding hydrogens is 234 g/mol. The lowest BCUT2D eigenvalue weighted by molar-refractivity contribution is 0.0691. The second-order valence-corrected chi connectivity index (χ2v) is 4.23. The van der Waals surface area contributed by atoms with E-state index >= 15 is 0 Å². The van der Waals surface area contributed by atoms with E-state index in [1.165, 1.54) is 13.2 Å². The predicted molar refractivity (Wildman–Crippen MR) is 66.5 cm³/mol. The molecule has 0 amide bonds. The van der Waals surface area contributed by atoms with Gasteiger partial charge in [0.15, 0.2) is 11.5 Å². The van der Waals surface area contributed by atoms with Gasteiger partial charge >= 0.3 is 5.97 Å². The summed E-state index contributed by atoms with van der Waals surface area (Å²) in [5.41, 5.74) is 0.124. The topological polar surface area (TPSA) is 67.8 Å². The average Bonchev–Trinajstić information content (AvgIpc) is 2.39. The number of rotatable bonds is 4. The van der Waals surface area contributed by atoms with Crippen molar-refractivity contribution in [3.63, 3.8) is 0 Å². The molecule has 0 saturated carbocycles. The Kier molecular flexibility index (Phi) is 4.04. The van der Waals surface area contributed by atoms with E-state index < -0.39 is 5.97 Å². The number of carbonyl (C=O) groups is 1. The highest BCUT2D eigenvalue weighted by molar-refractivity contribution is 5.92. The standard InChI is InChI=1S/C13H17NO4/c1-17-12-10(13(15)16)5-2-6-11(12)18-9-4-3-7-14-8-9/h2,5-6,9,14H,3-4,7-8H2,1H3,(H,15,16). The lowest BCUT2D eigenvalue weighted by Gasteiger charge is -2.25. The molecule has 2 N–H and O–H groups in total. The molecule has 1 unspecified atom stereocenters. The van der Waals surface area contributed by atoms with Crippen LogP contribution in [0.2, 0.25) is 0 Å². The summed E-state index contributed by atoms with van der Waals surface area (Å²) in [6.07, 6.45) is 2.09. The van der Waals surface area contributed by atoms with E-state index in [4.69, 9.17) is 14.6 Å². The summed E-state index contributed by atoms with van der Waals surface area (Å²) in [6, 6.07) is 4.91. The van der Waals surface area contributed by atoms with Crippen molar-refractivity contribution in [3.05, 3.63) is 23.8 Å². The molecule has 18 heavy (non-hydrogen) atoms. The van der Waals surface area contributed by atoms with Gasteiger partial charge in [0.2, 0.25) is 0 Å². The molecule has 1 aliphatic rings. The van der Waals surface area contributed by atoms with Crippen LogP contribution in [0, 0.1) is 0 Å². The number of carboxylic acids is 1. The molecule has 0 aromatic heterocycles. The SMILES string of the molecule is COc1c(OC2CCCNC2)cccc1C(=O)O. The number of ether oxygens (including phenoxy) is 2. The Morgan fingerprint density at radius 3 is 2.94 bits per heavy atom. The first-order chi connectivity index (χ1) is 8.72. The smallest absolute Gasteiger partial charge is 0.339 e. The van der Waals surface area contributed by atoms with Gasteiger partial charge in [0.05, 0.1) is 7.11 Å². The fourth-order valence-electron chi connectivity index (χ4n) is 2.09. The summed E-state index contributed by atoms with van der Waals surface area (Å²) in [5, 5.41) is 12.3. The number of para-hydroxylation sites is 1. The van der Waals surface area contributed by atoms with E-state index in [9.17, 15) is 4.79 Å². The van der Waals surface area contributed by atoms with Crippen LogP contribution >= 0.6 is 0 Å². The van der Waals surface area contributed by atoms with Crippen molar-refractivity contribution >= 4 is 5.97 Å². The molecule has 1 aromatic carbocycles. The van der Waals surface area contributed by atoms with Gasteiger partial charge in [-0.2, -0.15) is 0 Å². The zero-order valence-electron chi connectivity index (χ0n) is 10.3. The average molecular weight is 251 g/mol. The molecule has 5 heteroatoms. The van der Waals surface area contributed by atoms with Gasteiger partial charge in [0, 0.05) is 6.54 Å². The van der Waals surface area contributed by atoms with Crippen LogP contribution in [0.15, 0.2) is 18.2 Å². The molecule has 2 rings (SSSR count). The van der Waals surface area contributed by atoms with Crippen LogP contribution in [0.4, 0.5) is 0 Å². The Hall–Kier alpha value is -1.75. The minimum atomic E-state index is -1.01. The van der Waals surface area contributed by atoms with Crippen molar-refractivity contribution in [2.45, 2.75) is 18.9 Å². The summed E-state index contributed by atoms with van der Waals surface area (Å²) in [5.74, 6) is -0.235. The number of methoxy groups -OCH3 is 1. The zero-order chi connectivity index (χ0) is 13.0. The van der Waals surface area contributed by atoms with E-state index in [2.05, 4.69) is 5.32 Å². The molecule has 5 nitrogen and oxygen atoms in total. The number of hydrogen-bond donors (Lipinski definition) is 2. The van der Waals surface area contributed by atoms with Crippen LogP contribution in [0.5, 0.6) is 11.5 Å². The first kappa shape index (κ1) is 12.7. The largest absolute Gasteiger partial charge is 0.492 e. The summed E-state index contributed by atoms with van der Waals surface area (Å²) < 4.78 is 11.0.